The zero-order valence-electron chi connectivity index (χ0n) is 24.4. The van der Waals surface area contributed by atoms with Gasteiger partial charge >= 0.3 is 0 Å². The Labute approximate surface area is 252 Å². The van der Waals surface area contributed by atoms with Crippen molar-refractivity contribution in [1.29, 1.82) is 5.26 Å². The van der Waals surface area contributed by atoms with Crippen LogP contribution < -0.4 is 9.64 Å². The highest BCUT2D eigenvalue weighted by Crippen LogP contribution is 2.48. The molecule has 2 saturated carbocycles. The number of anilines is 1. The highest BCUT2D eigenvalue weighted by molar-refractivity contribution is 5.85. The van der Waals surface area contributed by atoms with E-state index in [1.54, 1.807) is 10.7 Å². The van der Waals surface area contributed by atoms with Gasteiger partial charge in [0.2, 0.25) is 0 Å². The number of nitrogens with zero attached hydrogens (tertiary/aromatic N) is 7. The largest absolute Gasteiger partial charge is 0.490 e. The average molecular weight is 576 g/mol. The molecule has 9 nitrogen and oxygen atoms in total. The van der Waals surface area contributed by atoms with Crippen LogP contribution in [0.2, 0.25) is 0 Å². The number of rotatable bonds is 10. The van der Waals surface area contributed by atoms with Crippen molar-refractivity contribution in [3.05, 3.63) is 72.4 Å². The van der Waals surface area contributed by atoms with Crippen molar-refractivity contribution >= 4 is 11.3 Å². The van der Waals surface area contributed by atoms with Crippen LogP contribution in [0.3, 0.4) is 0 Å². The number of nitriles is 1. The van der Waals surface area contributed by atoms with Crippen LogP contribution in [0.15, 0.2) is 61.3 Å². The van der Waals surface area contributed by atoms with Gasteiger partial charge in [0.05, 0.1) is 30.1 Å². The van der Waals surface area contributed by atoms with Crippen molar-refractivity contribution < 1.29 is 9.47 Å². The van der Waals surface area contributed by atoms with E-state index in [0.717, 1.165) is 66.5 Å². The van der Waals surface area contributed by atoms with Crippen LogP contribution in [-0.2, 0) is 11.3 Å². The van der Waals surface area contributed by atoms with E-state index in [4.69, 9.17) is 14.5 Å². The van der Waals surface area contributed by atoms with Gasteiger partial charge in [-0.05, 0) is 73.3 Å². The molecule has 0 radical (unpaired) electrons. The second-order valence-corrected chi connectivity index (χ2v) is 12.8. The first-order valence-corrected chi connectivity index (χ1v) is 15.7. The van der Waals surface area contributed by atoms with E-state index < -0.39 is 0 Å². The Morgan fingerprint density at radius 3 is 2.67 bits per heavy atom. The summed E-state index contributed by atoms with van der Waals surface area (Å²) in [6.45, 7) is 4.79. The first kappa shape index (κ1) is 26.6. The van der Waals surface area contributed by atoms with Gasteiger partial charge < -0.3 is 14.4 Å². The summed E-state index contributed by atoms with van der Waals surface area (Å²) >= 11 is 0. The lowest BCUT2D eigenvalue weighted by Crippen LogP contribution is -2.68. The average Bonchev–Trinajstić information content (AvgIpc) is 3.80. The van der Waals surface area contributed by atoms with E-state index in [2.05, 4.69) is 44.2 Å². The van der Waals surface area contributed by atoms with Crippen LogP contribution in [-0.4, -0.2) is 69.5 Å². The maximum atomic E-state index is 9.77. The maximum absolute atomic E-state index is 9.77. The number of ether oxygens (including phenoxy) is 2. The molecule has 3 aliphatic heterocycles. The molecule has 5 fully saturated rings. The third kappa shape index (κ3) is 5.13. The first-order chi connectivity index (χ1) is 21.2. The Hall–Kier alpha value is -4.00. The number of fused-ring (bicyclic) bond motifs is 5. The van der Waals surface area contributed by atoms with Gasteiger partial charge in [0, 0.05) is 68.0 Å². The summed E-state index contributed by atoms with van der Waals surface area (Å²) in [7, 11) is 0. The second kappa shape index (κ2) is 11.3. The smallest absolute Gasteiger partial charge is 0.138 e. The molecule has 3 unspecified atom stereocenters. The van der Waals surface area contributed by atoms with E-state index in [1.807, 2.05) is 36.9 Å². The Morgan fingerprint density at radius 2 is 1.93 bits per heavy atom. The van der Waals surface area contributed by atoms with E-state index in [-0.39, 0.29) is 0 Å². The summed E-state index contributed by atoms with van der Waals surface area (Å²) in [5.74, 6) is 4.23. The molecule has 4 bridgehead atoms. The van der Waals surface area contributed by atoms with Crippen molar-refractivity contribution in [1.82, 2.24) is 24.5 Å². The summed E-state index contributed by atoms with van der Waals surface area (Å²) < 4.78 is 13.9. The lowest BCUT2D eigenvalue weighted by atomic mass is 9.87. The molecule has 0 N–H and O–H groups in total. The molecular weight excluding hydrogens is 538 g/mol. The quantitative estimate of drug-likeness (QED) is 0.245. The minimum absolute atomic E-state index is 0.477. The van der Waals surface area contributed by atoms with E-state index in [9.17, 15) is 5.26 Å². The van der Waals surface area contributed by atoms with Crippen molar-refractivity contribution in [2.75, 3.05) is 37.8 Å². The molecule has 5 atom stereocenters. The van der Waals surface area contributed by atoms with Crippen LogP contribution in [0.1, 0.15) is 43.2 Å². The van der Waals surface area contributed by atoms with Gasteiger partial charge in [-0.2, -0.15) is 10.4 Å². The van der Waals surface area contributed by atoms with Crippen molar-refractivity contribution in [2.45, 2.75) is 50.7 Å². The number of hydrogen-bond acceptors (Lipinski definition) is 8. The maximum Gasteiger partial charge on any atom is 0.138 e. The number of hydrogen-bond donors (Lipinski definition) is 0. The molecule has 4 aromatic heterocycles. The third-order valence-corrected chi connectivity index (χ3v) is 10.2. The van der Waals surface area contributed by atoms with Crippen molar-refractivity contribution in [2.24, 2.45) is 17.8 Å². The Morgan fingerprint density at radius 1 is 1.00 bits per heavy atom. The second-order valence-electron chi connectivity index (χ2n) is 12.8. The summed E-state index contributed by atoms with van der Waals surface area (Å²) in [6.07, 6.45) is 15.9. The fourth-order valence-corrected chi connectivity index (χ4v) is 8.08. The zero-order valence-corrected chi connectivity index (χ0v) is 24.4. The number of aromatic nitrogens is 4. The predicted octanol–water partition coefficient (Wildman–Crippen LogP) is 4.96. The third-order valence-electron chi connectivity index (χ3n) is 10.2. The van der Waals surface area contributed by atoms with Crippen LogP contribution in [0.4, 0.5) is 5.82 Å². The highest BCUT2D eigenvalue weighted by atomic mass is 16.5. The summed E-state index contributed by atoms with van der Waals surface area (Å²) in [5, 5.41) is 14.2. The first-order valence-electron chi connectivity index (χ1n) is 15.7. The molecule has 5 aliphatic rings. The van der Waals surface area contributed by atoms with Gasteiger partial charge in [-0.3, -0.25) is 9.88 Å². The van der Waals surface area contributed by atoms with Crippen LogP contribution in [0, 0.1) is 29.1 Å². The Balaban J connectivity index is 0.933. The van der Waals surface area contributed by atoms with E-state index >= 15 is 0 Å². The van der Waals surface area contributed by atoms with Crippen LogP contribution in [0.25, 0.3) is 16.6 Å². The zero-order chi connectivity index (χ0) is 28.8. The number of pyridine rings is 3. The van der Waals surface area contributed by atoms with Gasteiger partial charge in [0.15, 0.2) is 0 Å². The van der Waals surface area contributed by atoms with Gasteiger partial charge in [-0.1, -0.05) is 12.5 Å². The molecule has 43 heavy (non-hydrogen) atoms. The summed E-state index contributed by atoms with van der Waals surface area (Å²) in [4.78, 5) is 14.1. The molecular formula is C34H37N7O2. The molecule has 9 heteroatoms. The monoisotopic (exact) mass is 575 g/mol. The lowest BCUT2D eigenvalue weighted by Gasteiger charge is -2.56. The molecule has 0 amide bonds. The minimum Gasteiger partial charge on any atom is -0.490 e. The van der Waals surface area contributed by atoms with Gasteiger partial charge in [-0.15, -0.1) is 0 Å². The highest BCUT2D eigenvalue weighted by Gasteiger charge is 2.44. The van der Waals surface area contributed by atoms with Crippen LogP contribution in [0.5, 0.6) is 5.75 Å². The molecule has 3 saturated heterocycles. The topological polar surface area (TPSA) is 91.8 Å². The molecule has 4 aromatic rings. The lowest BCUT2D eigenvalue weighted by molar-refractivity contribution is -0.00875. The molecule has 9 rings (SSSR count). The Bertz CT molecular complexity index is 1620. The molecule has 7 heterocycles. The minimum atomic E-state index is 0.477. The summed E-state index contributed by atoms with van der Waals surface area (Å²) in [5.41, 5.74) is 4.39. The Kier molecular flexibility index (Phi) is 6.96. The predicted molar refractivity (Wildman–Crippen MR) is 163 cm³/mol. The van der Waals surface area contributed by atoms with E-state index in [0.29, 0.717) is 36.6 Å². The fraction of sp³-hybridized carbons (Fsp3) is 0.471. The molecule has 220 valence electrons. The fourth-order valence-electron chi connectivity index (χ4n) is 8.08. The SMILES string of the molecule is N#Cc1cnn2cc(OCCOCC3C[C@H]4CC[C@@H]3C4)cc(-c3ccc(N4CC5CC(C4)N5Cc4cccnc4)nc3)c12. The standard InChI is InChI=1S/C34H37N7O2/c35-14-28-17-38-41-21-31(43-9-8-42-22-27-11-23-3-4-25(27)10-23)13-32(34(28)41)26-5-6-33(37-16-26)39-19-29-12-30(20-39)40(29)18-24-2-1-7-36-15-24/h1-2,5-7,13,15-17,21,23,25,27,29-30H,3-4,8-12,18-20,22H2/t23-,25+,27?,29?,30?/m0/s1. The summed E-state index contributed by atoms with van der Waals surface area (Å²) in [6, 6.07) is 13.7. The molecule has 2 aliphatic carbocycles. The number of piperazine rings is 1. The van der Waals surface area contributed by atoms with E-state index in [1.165, 1.54) is 37.7 Å². The van der Waals surface area contributed by atoms with Gasteiger partial charge in [-0.25, -0.2) is 9.50 Å². The molecule has 0 aromatic carbocycles. The van der Waals surface area contributed by atoms with Gasteiger partial charge in [0.25, 0.3) is 0 Å². The number of piperidine rings is 1. The van der Waals surface area contributed by atoms with Crippen molar-refractivity contribution in [3.8, 4) is 22.9 Å². The molecule has 0 spiro atoms. The van der Waals surface area contributed by atoms with Gasteiger partial charge in [0.1, 0.15) is 24.2 Å². The van der Waals surface area contributed by atoms with Crippen molar-refractivity contribution in [3.63, 3.8) is 0 Å². The van der Waals surface area contributed by atoms with Crippen LogP contribution >= 0.6 is 0 Å². The normalized spacial score (nSPS) is 26.0.